The van der Waals surface area contributed by atoms with Gasteiger partial charge >= 0.3 is 0 Å². The molecule has 0 spiro atoms. The minimum absolute atomic E-state index is 0.842. The molecule has 51 heavy (non-hydrogen) atoms. The van der Waals surface area contributed by atoms with Gasteiger partial charge in [-0.2, -0.15) is 0 Å². The van der Waals surface area contributed by atoms with Crippen LogP contribution in [0, 0.1) is 0 Å². The van der Waals surface area contributed by atoms with Crippen LogP contribution < -0.4 is 0 Å². The van der Waals surface area contributed by atoms with E-state index in [1.165, 1.54) is 276 Å². The van der Waals surface area contributed by atoms with Gasteiger partial charge in [0.25, 0.3) is 0 Å². The van der Waals surface area contributed by atoms with Crippen molar-refractivity contribution < 1.29 is 0 Å². The molecule has 1 aliphatic rings. The minimum atomic E-state index is 0.842. The molecule has 1 fully saturated rings. The summed E-state index contributed by atoms with van der Waals surface area (Å²) in [5, 5.41) is 0. The van der Waals surface area contributed by atoms with Crippen molar-refractivity contribution in [2.45, 2.75) is 290 Å². The van der Waals surface area contributed by atoms with Crippen molar-refractivity contribution in [3.63, 3.8) is 0 Å². The van der Waals surface area contributed by atoms with Gasteiger partial charge in [-0.3, -0.25) is 0 Å². The summed E-state index contributed by atoms with van der Waals surface area (Å²) >= 11 is 0. The van der Waals surface area contributed by atoms with Gasteiger partial charge in [-0.05, 0) is 71.6 Å². The lowest BCUT2D eigenvalue weighted by molar-refractivity contribution is 0.103. The number of nitrogens with zero attached hydrogens (tertiary/aromatic N) is 2. The fourth-order valence-corrected chi connectivity index (χ4v) is 9.04. The second kappa shape index (κ2) is 39.6. The summed E-state index contributed by atoms with van der Waals surface area (Å²) in [5.41, 5.74) is 0. The lowest BCUT2D eigenvalue weighted by Crippen LogP contribution is -2.44. The van der Waals surface area contributed by atoms with Gasteiger partial charge in [0.15, 0.2) is 0 Å². The molecule has 1 aliphatic carbocycles. The first-order valence-electron chi connectivity index (χ1n) is 24.7. The SMILES string of the molecule is CCCCCCCCCCCCCCN(C)C1CCC(N(CCCCCCCCCCCCCC)CCCCCCCCCCCCCC)CC1. The van der Waals surface area contributed by atoms with Gasteiger partial charge in [0.05, 0.1) is 0 Å². The van der Waals surface area contributed by atoms with E-state index in [-0.39, 0.29) is 0 Å². The zero-order chi connectivity index (χ0) is 36.7. The third-order valence-corrected chi connectivity index (χ3v) is 12.8. The fourth-order valence-electron chi connectivity index (χ4n) is 9.04. The topological polar surface area (TPSA) is 6.48 Å². The van der Waals surface area contributed by atoms with Crippen molar-refractivity contribution in [2.75, 3.05) is 26.7 Å². The summed E-state index contributed by atoms with van der Waals surface area (Å²) < 4.78 is 0. The molecule has 0 unspecified atom stereocenters. The maximum atomic E-state index is 2.99. The molecule has 0 bridgehead atoms. The van der Waals surface area contributed by atoms with E-state index in [9.17, 15) is 0 Å². The molecular weight excluding hydrogens is 617 g/mol. The van der Waals surface area contributed by atoms with Gasteiger partial charge in [0.2, 0.25) is 0 Å². The largest absolute Gasteiger partial charge is 0.303 e. The van der Waals surface area contributed by atoms with Crippen LogP contribution in [-0.2, 0) is 0 Å². The van der Waals surface area contributed by atoms with Crippen LogP contribution in [0.15, 0.2) is 0 Å². The van der Waals surface area contributed by atoms with Gasteiger partial charge in [-0.15, -0.1) is 0 Å². The quantitative estimate of drug-likeness (QED) is 0.0581. The Morgan fingerprint density at radius 3 is 0.765 bits per heavy atom. The van der Waals surface area contributed by atoms with Crippen molar-refractivity contribution in [3.8, 4) is 0 Å². The summed E-state index contributed by atoms with van der Waals surface area (Å²) in [6.07, 6.45) is 58.2. The minimum Gasteiger partial charge on any atom is -0.303 e. The van der Waals surface area contributed by atoms with E-state index in [1.807, 2.05) is 0 Å². The first-order chi connectivity index (χ1) is 25.2. The lowest BCUT2D eigenvalue weighted by Gasteiger charge is -2.40. The second-order valence-corrected chi connectivity index (χ2v) is 17.6. The van der Waals surface area contributed by atoms with E-state index in [4.69, 9.17) is 0 Å². The third kappa shape index (κ3) is 31.9. The van der Waals surface area contributed by atoms with Crippen molar-refractivity contribution in [1.29, 1.82) is 0 Å². The summed E-state index contributed by atoms with van der Waals surface area (Å²) in [5.74, 6) is 0. The molecule has 306 valence electrons. The molecule has 0 aromatic heterocycles. The van der Waals surface area contributed by atoms with Crippen molar-refractivity contribution in [2.24, 2.45) is 0 Å². The predicted molar refractivity (Wildman–Crippen MR) is 233 cm³/mol. The second-order valence-electron chi connectivity index (χ2n) is 17.6. The molecule has 0 radical (unpaired) electrons. The average molecular weight is 717 g/mol. The number of rotatable bonds is 41. The molecule has 0 atom stereocenters. The Morgan fingerprint density at radius 2 is 0.490 bits per heavy atom. The maximum absolute atomic E-state index is 2.99. The van der Waals surface area contributed by atoms with Crippen LogP contribution in [-0.4, -0.2) is 48.6 Å². The molecule has 0 aliphatic heterocycles. The van der Waals surface area contributed by atoms with Crippen LogP contribution in [0.2, 0.25) is 0 Å². The molecule has 2 nitrogen and oxygen atoms in total. The lowest BCUT2D eigenvalue weighted by atomic mass is 9.88. The molecule has 0 heterocycles. The average Bonchev–Trinajstić information content (AvgIpc) is 3.15. The molecular formula is C49H100N2. The van der Waals surface area contributed by atoms with Crippen LogP contribution in [0.1, 0.15) is 278 Å². The molecule has 0 N–H and O–H groups in total. The summed E-state index contributed by atoms with van der Waals surface area (Å²) in [4.78, 5) is 5.75. The van der Waals surface area contributed by atoms with E-state index >= 15 is 0 Å². The van der Waals surface area contributed by atoms with Gasteiger partial charge in [0.1, 0.15) is 0 Å². The standard InChI is InChI=1S/C49H100N2/c1-5-8-11-14-17-20-23-26-29-32-35-38-45-50(4)48-41-43-49(44-42-48)51(46-39-36-33-30-27-24-21-18-15-12-9-6-2)47-40-37-34-31-28-25-22-19-16-13-10-7-3/h48-49H,5-47H2,1-4H3. The Bertz CT molecular complexity index is 612. The fraction of sp³-hybridized carbons (Fsp3) is 1.00. The van der Waals surface area contributed by atoms with E-state index < -0.39 is 0 Å². The molecule has 2 heteroatoms. The highest BCUT2D eigenvalue weighted by atomic mass is 15.2. The molecule has 1 rings (SSSR count). The molecule has 0 amide bonds. The Morgan fingerprint density at radius 1 is 0.275 bits per heavy atom. The van der Waals surface area contributed by atoms with Crippen LogP contribution in [0.4, 0.5) is 0 Å². The van der Waals surface area contributed by atoms with Gasteiger partial charge < -0.3 is 9.80 Å². The van der Waals surface area contributed by atoms with Crippen LogP contribution in [0.25, 0.3) is 0 Å². The normalized spacial score (nSPS) is 16.6. The first kappa shape index (κ1) is 48.9. The number of unbranched alkanes of at least 4 members (excludes halogenated alkanes) is 33. The van der Waals surface area contributed by atoms with Crippen LogP contribution >= 0.6 is 0 Å². The van der Waals surface area contributed by atoms with Crippen LogP contribution in [0.5, 0.6) is 0 Å². The smallest absolute Gasteiger partial charge is 0.00964 e. The summed E-state index contributed by atoms with van der Waals surface area (Å²) in [6.45, 7) is 11.0. The zero-order valence-corrected chi connectivity index (χ0v) is 36.5. The Hall–Kier alpha value is -0.0800. The summed E-state index contributed by atoms with van der Waals surface area (Å²) in [6, 6.07) is 1.70. The highest BCUT2D eigenvalue weighted by Crippen LogP contribution is 2.27. The van der Waals surface area contributed by atoms with Crippen LogP contribution in [0.3, 0.4) is 0 Å². The van der Waals surface area contributed by atoms with E-state index in [2.05, 4.69) is 37.6 Å². The summed E-state index contributed by atoms with van der Waals surface area (Å²) in [7, 11) is 2.44. The monoisotopic (exact) mass is 717 g/mol. The number of hydrogen-bond donors (Lipinski definition) is 0. The molecule has 0 aromatic carbocycles. The maximum Gasteiger partial charge on any atom is 0.00964 e. The van der Waals surface area contributed by atoms with Crippen molar-refractivity contribution in [1.82, 2.24) is 9.80 Å². The highest BCUT2D eigenvalue weighted by molar-refractivity contribution is 4.84. The van der Waals surface area contributed by atoms with Gasteiger partial charge in [-0.25, -0.2) is 0 Å². The van der Waals surface area contributed by atoms with Crippen molar-refractivity contribution >= 4 is 0 Å². The Labute approximate surface area is 325 Å². The van der Waals surface area contributed by atoms with E-state index in [0.29, 0.717) is 0 Å². The van der Waals surface area contributed by atoms with Crippen molar-refractivity contribution in [3.05, 3.63) is 0 Å². The highest BCUT2D eigenvalue weighted by Gasteiger charge is 2.27. The van der Waals surface area contributed by atoms with Gasteiger partial charge in [-0.1, -0.05) is 233 Å². The van der Waals surface area contributed by atoms with E-state index in [1.54, 1.807) is 0 Å². The Kier molecular flexibility index (Phi) is 38.0. The first-order valence-corrected chi connectivity index (χ1v) is 24.7. The molecule has 1 saturated carbocycles. The third-order valence-electron chi connectivity index (χ3n) is 12.8. The van der Waals surface area contributed by atoms with E-state index in [0.717, 1.165) is 12.1 Å². The predicted octanol–water partition coefficient (Wildman–Crippen LogP) is 16.6. The molecule has 0 saturated heterocycles. The number of hydrogen-bond acceptors (Lipinski definition) is 2. The zero-order valence-electron chi connectivity index (χ0n) is 36.5. The Balaban J connectivity index is 2.25. The van der Waals surface area contributed by atoms with Gasteiger partial charge in [0, 0.05) is 12.1 Å². The molecule has 0 aromatic rings.